The molecule has 2 aromatic rings. The first-order chi connectivity index (χ1) is 13.5. The van der Waals surface area contributed by atoms with Gasteiger partial charge in [-0.05, 0) is 6.92 Å². The second-order valence-corrected chi connectivity index (χ2v) is 10.2. The van der Waals surface area contributed by atoms with Gasteiger partial charge in [0.1, 0.15) is 4.88 Å². The van der Waals surface area contributed by atoms with E-state index in [1.807, 2.05) is 20.8 Å². The molecule has 0 spiro atoms. The number of nitrogens with one attached hydrogen (secondary N) is 1. The molecule has 0 aromatic carbocycles. The average Bonchev–Trinajstić information content (AvgIpc) is 2.99. The van der Waals surface area contributed by atoms with Crippen LogP contribution >= 0.6 is 23.1 Å². The van der Waals surface area contributed by atoms with E-state index >= 15 is 0 Å². The van der Waals surface area contributed by atoms with Gasteiger partial charge in [0, 0.05) is 37.9 Å². The number of aryl methyl sites for hydroxylation is 1. The van der Waals surface area contributed by atoms with Crippen molar-refractivity contribution >= 4 is 40.0 Å². The van der Waals surface area contributed by atoms with Gasteiger partial charge in [-0.3, -0.25) is 19.0 Å². The molecule has 0 aliphatic carbocycles. The number of anilines is 1. The first-order valence-electron chi connectivity index (χ1n) is 9.22. The van der Waals surface area contributed by atoms with Gasteiger partial charge in [0.05, 0.1) is 17.3 Å². The van der Waals surface area contributed by atoms with Gasteiger partial charge >= 0.3 is 0 Å². The van der Waals surface area contributed by atoms with Crippen molar-refractivity contribution in [2.75, 3.05) is 25.2 Å². The lowest BCUT2D eigenvalue weighted by Crippen LogP contribution is -2.37. The fraction of sp³-hybridized carbons (Fsp3) is 0.526. The van der Waals surface area contributed by atoms with Crippen molar-refractivity contribution in [2.24, 2.45) is 5.92 Å². The monoisotopic (exact) mass is 435 g/mol. The van der Waals surface area contributed by atoms with E-state index in [0.29, 0.717) is 26.6 Å². The molecule has 3 heterocycles. The van der Waals surface area contributed by atoms with Crippen LogP contribution in [-0.2, 0) is 16.8 Å². The zero-order chi connectivity index (χ0) is 21.5. The average molecular weight is 436 g/mol. The highest BCUT2D eigenvalue weighted by molar-refractivity contribution is 7.99. The molecule has 0 radical (unpaired) electrons. The van der Waals surface area contributed by atoms with Crippen LogP contribution in [0.4, 0.5) is 5.13 Å². The van der Waals surface area contributed by atoms with Crippen molar-refractivity contribution in [3.63, 3.8) is 0 Å². The summed E-state index contributed by atoms with van der Waals surface area (Å²) < 4.78 is 1.56. The van der Waals surface area contributed by atoms with Crippen LogP contribution in [0.25, 0.3) is 0 Å². The third kappa shape index (κ3) is 4.53. The molecule has 1 aliphatic heterocycles. The molecular weight excluding hydrogens is 410 g/mol. The summed E-state index contributed by atoms with van der Waals surface area (Å²) in [7, 11) is 3.35. The molecule has 0 saturated carbocycles. The van der Waals surface area contributed by atoms with Crippen molar-refractivity contribution in [3.8, 4) is 0 Å². The van der Waals surface area contributed by atoms with Crippen molar-refractivity contribution < 1.29 is 9.59 Å². The van der Waals surface area contributed by atoms with Crippen molar-refractivity contribution in [1.82, 2.24) is 19.4 Å². The smallest absolute Gasteiger partial charge is 0.265 e. The maximum Gasteiger partial charge on any atom is 0.265 e. The van der Waals surface area contributed by atoms with Gasteiger partial charge in [0.15, 0.2) is 10.3 Å². The lowest BCUT2D eigenvalue weighted by molar-refractivity contribution is -0.119. The predicted molar refractivity (Wildman–Crippen MR) is 115 cm³/mol. The minimum atomic E-state index is -0.385. The second-order valence-electron chi connectivity index (χ2n) is 8.25. The third-order valence-corrected chi connectivity index (χ3v) is 6.76. The molecule has 2 aromatic heterocycles. The fourth-order valence-electron chi connectivity index (χ4n) is 2.81. The Morgan fingerprint density at radius 3 is 2.59 bits per heavy atom. The van der Waals surface area contributed by atoms with E-state index in [1.165, 1.54) is 16.7 Å². The maximum atomic E-state index is 12.8. The zero-order valence-electron chi connectivity index (χ0n) is 17.4. The number of amides is 2. The number of rotatable bonds is 3. The van der Waals surface area contributed by atoms with Gasteiger partial charge in [-0.15, -0.1) is 0 Å². The van der Waals surface area contributed by atoms with E-state index in [9.17, 15) is 14.4 Å². The summed E-state index contributed by atoms with van der Waals surface area (Å²) >= 11 is 2.57. The maximum absolute atomic E-state index is 12.8. The first kappa shape index (κ1) is 21.5. The number of fused-ring (bicyclic) bond motifs is 1. The van der Waals surface area contributed by atoms with E-state index in [4.69, 9.17) is 0 Å². The highest BCUT2D eigenvalue weighted by atomic mass is 32.2. The molecule has 10 heteroatoms. The SMILES string of the molecule is Cc1nc(NC(=O)C2CSc3nc(C(C)(C)C)cc(=O)n3C2)sc1C(=O)N(C)C. The Morgan fingerprint density at radius 2 is 1.97 bits per heavy atom. The van der Waals surface area contributed by atoms with Gasteiger partial charge in [0.25, 0.3) is 11.5 Å². The van der Waals surface area contributed by atoms with Crippen LogP contribution in [0.5, 0.6) is 0 Å². The van der Waals surface area contributed by atoms with E-state index in [-0.39, 0.29) is 35.3 Å². The lowest BCUT2D eigenvalue weighted by atomic mass is 9.92. The van der Waals surface area contributed by atoms with Crippen molar-refractivity contribution in [2.45, 2.75) is 44.8 Å². The van der Waals surface area contributed by atoms with Crippen LogP contribution < -0.4 is 10.9 Å². The van der Waals surface area contributed by atoms with E-state index in [1.54, 1.807) is 31.7 Å². The number of hydrogen-bond acceptors (Lipinski definition) is 7. The molecule has 0 saturated heterocycles. The number of thioether (sulfide) groups is 1. The summed E-state index contributed by atoms with van der Waals surface area (Å²) in [6, 6.07) is 1.55. The molecule has 8 nitrogen and oxygen atoms in total. The number of carbonyl (C=O) groups is 2. The summed E-state index contributed by atoms with van der Waals surface area (Å²) in [4.78, 5) is 48.4. The summed E-state index contributed by atoms with van der Waals surface area (Å²) in [5.74, 6) is -0.216. The quantitative estimate of drug-likeness (QED) is 0.744. The highest BCUT2D eigenvalue weighted by Crippen LogP contribution is 2.29. The molecule has 29 heavy (non-hydrogen) atoms. The summed E-state index contributed by atoms with van der Waals surface area (Å²) in [6.45, 7) is 8.06. The van der Waals surface area contributed by atoms with Gasteiger partial charge in [-0.25, -0.2) is 9.97 Å². The Balaban J connectivity index is 1.76. The zero-order valence-corrected chi connectivity index (χ0v) is 19.0. The van der Waals surface area contributed by atoms with Crippen LogP contribution in [0.3, 0.4) is 0 Å². The molecule has 1 atom stereocenters. The molecule has 0 bridgehead atoms. The number of thiazole rings is 1. The Hall–Kier alpha value is -2.20. The van der Waals surface area contributed by atoms with Gasteiger partial charge in [-0.1, -0.05) is 43.9 Å². The molecule has 0 fully saturated rings. The standard InChI is InChI=1S/C19H25N5O3S2/c1-10-14(16(27)23(5)6)29-17(20-10)22-15(26)11-8-24-13(25)7-12(19(2,3)4)21-18(24)28-9-11/h7,11H,8-9H2,1-6H3,(H,20,22,26). The highest BCUT2D eigenvalue weighted by Gasteiger charge is 2.29. The molecular formula is C19H25N5O3S2. The minimum absolute atomic E-state index is 0.144. The molecule has 3 rings (SSSR count). The lowest BCUT2D eigenvalue weighted by Gasteiger charge is -2.26. The molecule has 1 aliphatic rings. The Bertz CT molecular complexity index is 1020. The van der Waals surface area contributed by atoms with Crippen LogP contribution in [-0.4, -0.2) is 51.1 Å². The van der Waals surface area contributed by atoms with Crippen LogP contribution in [0.15, 0.2) is 16.0 Å². The number of nitrogens with zero attached hydrogens (tertiary/aromatic N) is 4. The Kier molecular flexibility index (Phi) is 5.86. The van der Waals surface area contributed by atoms with Crippen LogP contribution in [0, 0.1) is 12.8 Å². The third-order valence-electron chi connectivity index (χ3n) is 4.56. The Labute approximate surface area is 177 Å². The van der Waals surface area contributed by atoms with Gasteiger partial charge < -0.3 is 10.2 Å². The topological polar surface area (TPSA) is 97.2 Å². The van der Waals surface area contributed by atoms with E-state index in [2.05, 4.69) is 15.3 Å². The predicted octanol–water partition coefficient (Wildman–Crippen LogP) is 2.37. The van der Waals surface area contributed by atoms with Gasteiger partial charge in [-0.2, -0.15) is 0 Å². The number of carbonyl (C=O) groups excluding carboxylic acids is 2. The van der Waals surface area contributed by atoms with Crippen molar-refractivity contribution in [3.05, 3.63) is 32.7 Å². The second kappa shape index (κ2) is 7.91. The van der Waals surface area contributed by atoms with E-state index < -0.39 is 0 Å². The van der Waals surface area contributed by atoms with Gasteiger partial charge in [0.2, 0.25) is 5.91 Å². The molecule has 156 valence electrons. The molecule has 1 N–H and O–H groups in total. The summed E-state index contributed by atoms with van der Waals surface area (Å²) in [5.41, 5.74) is 0.977. The Morgan fingerprint density at radius 1 is 1.28 bits per heavy atom. The largest absolute Gasteiger partial charge is 0.344 e. The minimum Gasteiger partial charge on any atom is -0.344 e. The van der Waals surface area contributed by atoms with Crippen molar-refractivity contribution in [1.29, 1.82) is 0 Å². The van der Waals surface area contributed by atoms with Crippen LogP contribution in [0.2, 0.25) is 0 Å². The van der Waals surface area contributed by atoms with Crippen LogP contribution in [0.1, 0.15) is 41.8 Å². The summed E-state index contributed by atoms with van der Waals surface area (Å²) in [6.07, 6.45) is 0. The fourth-order valence-corrected chi connectivity index (χ4v) is 4.89. The normalized spacial score (nSPS) is 16.3. The number of aromatic nitrogens is 3. The number of hydrogen-bond donors (Lipinski definition) is 1. The molecule has 2 amide bonds. The molecule has 1 unspecified atom stereocenters. The summed E-state index contributed by atoms with van der Waals surface area (Å²) in [5, 5.41) is 3.84. The first-order valence-corrected chi connectivity index (χ1v) is 11.0. The van der Waals surface area contributed by atoms with E-state index in [0.717, 1.165) is 17.0 Å².